The number of Topliss-reactive ketones (excluding diaryl/α,β-unsaturated/α-hetero) is 1. The van der Waals surface area contributed by atoms with Crippen molar-refractivity contribution in [3.8, 4) is 17.2 Å². The lowest BCUT2D eigenvalue weighted by Gasteiger charge is -2.26. The van der Waals surface area contributed by atoms with Crippen molar-refractivity contribution in [2.24, 2.45) is 0 Å². The van der Waals surface area contributed by atoms with Crippen LogP contribution in [0.3, 0.4) is 0 Å². The monoisotopic (exact) mass is 497 g/mol. The molecule has 1 aliphatic rings. The topological polar surface area (TPSA) is 66.2 Å². The Balaban J connectivity index is 1.44. The summed E-state index contributed by atoms with van der Waals surface area (Å²) >= 11 is 13.4. The zero-order valence-corrected chi connectivity index (χ0v) is 19.5. The Kier molecular flexibility index (Phi) is 6.26. The van der Waals surface area contributed by atoms with E-state index in [1.807, 2.05) is 59.2 Å². The number of carbonyl (C=O) groups excluding carboxylic acids is 1. The molecule has 0 fully saturated rings. The second-order valence-corrected chi connectivity index (χ2v) is 9.00. The largest absolute Gasteiger partial charge is 0.485 e. The Hall–Kier alpha value is -3.00. The number of benzene rings is 3. The van der Waals surface area contributed by atoms with Gasteiger partial charge in [-0.2, -0.15) is 0 Å². The van der Waals surface area contributed by atoms with Gasteiger partial charge in [0, 0.05) is 16.3 Å². The molecule has 1 atom stereocenters. The molecule has 1 unspecified atom stereocenters. The van der Waals surface area contributed by atoms with E-state index in [4.69, 9.17) is 32.7 Å². The molecule has 1 aliphatic heterocycles. The number of para-hydroxylation sites is 3. The van der Waals surface area contributed by atoms with Crippen molar-refractivity contribution in [1.29, 1.82) is 0 Å². The summed E-state index contributed by atoms with van der Waals surface area (Å²) in [5.41, 5.74) is 1.28. The highest BCUT2D eigenvalue weighted by Gasteiger charge is 2.29. The van der Waals surface area contributed by atoms with E-state index in [-0.39, 0.29) is 11.5 Å². The molecule has 2 heterocycles. The second kappa shape index (κ2) is 9.47. The quantitative estimate of drug-likeness (QED) is 0.238. The summed E-state index contributed by atoms with van der Waals surface area (Å²) in [5, 5.41) is 10.1. The number of thioether (sulfide) groups is 1. The maximum Gasteiger partial charge on any atom is 0.196 e. The molecule has 0 N–H and O–H groups in total. The van der Waals surface area contributed by atoms with Gasteiger partial charge in [0.25, 0.3) is 0 Å². The van der Waals surface area contributed by atoms with E-state index in [1.54, 1.807) is 18.2 Å². The van der Waals surface area contributed by atoms with E-state index in [9.17, 15) is 4.79 Å². The van der Waals surface area contributed by atoms with Crippen LogP contribution in [0.2, 0.25) is 10.0 Å². The number of halogens is 2. The van der Waals surface area contributed by atoms with Gasteiger partial charge in [-0.25, -0.2) is 0 Å². The van der Waals surface area contributed by atoms with Gasteiger partial charge in [0.2, 0.25) is 0 Å². The highest BCUT2D eigenvalue weighted by molar-refractivity contribution is 7.99. The minimum Gasteiger partial charge on any atom is -0.485 e. The van der Waals surface area contributed by atoms with Crippen molar-refractivity contribution in [2.75, 3.05) is 12.4 Å². The average Bonchev–Trinajstić information content (AvgIpc) is 3.27. The Labute approximate surface area is 204 Å². The zero-order chi connectivity index (χ0) is 22.8. The Bertz CT molecular complexity index is 1310. The SMILES string of the molecule is O=C(CSc1nnc(C2COc3ccccc3O2)n1-c1ccccc1)c1ccc(Cl)cc1Cl. The fourth-order valence-electron chi connectivity index (χ4n) is 3.47. The average molecular weight is 498 g/mol. The fourth-order valence-corrected chi connectivity index (χ4v) is 4.83. The van der Waals surface area contributed by atoms with E-state index in [1.165, 1.54) is 11.8 Å². The number of ketones is 1. The van der Waals surface area contributed by atoms with Gasteiger partial charge >= 0.3 is 0 Å². The molecule has 0 bridgehead atoms. The van der Waals surface area contributed by atoms with Gasteiger partial charge in [-0.3, -0.25) is 9.36 Å². The predicted molar refractivity (Wildman–Crippen MR) is 128 cm³/mol. The highest BCUT2D eigenvalue weighted by Crippen LogP contribution is 2.37. The molecule has 4 aromatic rings. The summed E-state index contributed by atoms with van der Waals surface area (Å²) in [7, 11) is 0. The third-order valence-electron chi connectivity index (χ3n) is 5.03. The molecule has 1 aromatic heterocycles. The lowest BCUT2D eigenvalue weighted by Crippen LogP contribution is -2.24. The van der Waals surface area contributed by atoms with Gasteiger partial charge in [-0.15, -0.1) is 10.2 Å². The summed E-state index contributed by atoms with van der Waals surface area (Å²) in [6, 6.07) is 22.0. The van der Waals surface area contributed by atoms with Crippen molar-refractivity contribution in [1.82, 2.24) is 14.8 Å². The van der Waals surface area contributed by atoms with Gasteiger partial charge in [0.15, 0.2) is 34.4 Å². The maximum absolute atomic E-state index is 12.8. The molecular formula is C24H17Cl2N3O3S. The molecule has 166 valence electrons. The molecule has 33 heavy (non-hydrogen) atoms. The number of ether oxygens (including phenoxy) is 2. The first kappa shape index (κ1) is 21.8. The minimum absolute atomic E-state index is 0.128. The van der Waals surface area contributed by atoms with Crippen LogP contribution in [-0.2, 0) is 0 Å². The van der Waals surface area contributed by atoms with Crippen molar-refractivity contribution in [3.63, 3.8) is 0 Å². The van der Waals surface area contributed by atoms with Crippen LogP contribution >= 0.6 is 35.0 Å². The molecule has 6 nitrogen and oxygen atoms in total. The number of hydrogen-bond acceptors (Lipinski definition) is 6. The van der Waals surface area contributed by atoms with Crippen LogP contribution in [-0.4, -0.2) is 32.9 Å². The molecule has 3 aromatic carbocycles. The molecule has 0 saturated heterocycles. The van der Waals surface area contributed by atoms with Crippen LogP contribution < -0.4 is 9.47 Å². The van der Waals surface area contributed by atoms with Crippen molar-refractivity contribution in [2.45, 2.75) is 11.3 Å². The molecule has 0 amide bonds. The predicted octanol–water partition coefficient (Wildman–Crippen LogP) is 6.06. The first-order valence-electron chi connectivity index (χ1n) is 10.1. The van der Waals surface area contributed by atoms with Gasteiger partial charge < -0.3 is 9.47 Å². The Morgan fingerprint density at radius 3 is 2.55 bits per heavy atom. The second-order valence-electron chi connectivity index (χ2n) is 7.21. The smallest absolute Gasteiger partial charge is 0.196 e. The first-order chi connectivity index (χ1) is 16.1. The van der Waals surface area contributed by atoms with Gasteiger partial charge in [0.05, 0.1) is 10.8 Å². The number of nitrogens with zero attached hydrogens (tertiary/aromatic N) is 3. The van der Waals surface area contributed by atoms with Gasteiger partial charge in [-0.1, -0.05) is 65.3 Å². The zero-order valence-electron chi connectivity index (χ0n) is 17.2. The van der Waals surface area contributed by atoms with Crippen LogP contribution in [0.15, 0.2) is 78.0 Å². The fraction of sp³-hybridized carbons (Fsp3) is 0.125. The number of hydrogen-bond donors (Lipinski definition) is 0. The summed E-state index contributed by atoms with van der Waals surface area (Å²) < 4.78 is 13.9. The van der Waals surface area contributed by atoms with Crippen molar-refractivity contribution in [3.05, 3.63) is 94.2 Å². The van der Waals surface area contributed by atoms with Gasteiger partial charge in [-0.05, 0) is 42.5 Å². The molecule has 9 heteroatoms. The number of carbonyl (C=O) groups is 1. The van der Waals surface area contributed by atoms with E-state index in [0.29, 0.717) is 44.7 Å². The van der Waals surface area contributed by atoms with Crippen LogP contribution in [0.1, 0.15) is 22.3 Å². The molecule has 0 radical (unpaired) electrons. The first-order valence-corrected chi connectivity index (χ1v) is 11.8. The Morgan fingerprint density at radius 1 is 1.00 bits per heavy atom. The molecule has 5 rings (SSSR count). The lowest BCUT2D eigenvalue weighted by molar-refractivity contribution is 0.0835. The van der Waals surface area contributed by atoms with E-state index < -0.39 is 6.10 Å². The molecule has 0 spiro atoms. The Morgan fingerprint density at radius 2 is 1.76 bits per heavy atom. The molecular weight excluding hydrogens is 481 g/mol. The van der Waals surface area contributed by atoms with Crippen LogP contribution in [0.25, 0.3) is 5.69 Å². The third-order valence-corrected chi connectivity index (χ3v) is 6.51. The standard InChI is InChI=1S/C24H17Cl2N3O3S/c25-15-10-11-17(18(26)12-15)19(30)14-33-24-28-27-23(29(24)16-6-2-1-3-7-16)22-13-31-20-8-4-5-9-21(20)32-22/h1-12,22H,13-14H2. The summed E-state index contributed by atoms with van der Waals surface area (Å²) in [6.45, 7) is 0.298. The number of aromatic nitrogens is 3. The van der Waals surface area contributed by atoms with Crippen LogP contribution in [0.5, 0.6) is 11.5 Å². The van der Waals surface area contributed by atoms with Crippen LogP contribution in [0.4, 0.5) is 0 Å². The summed E-state index contributed by atoms with van der Waals surface area (Å²) in [6.07, 6.45) is -0.455. The van der Waals surface area contributed by atoms with Gasteiger partial charge in [0.1, 0.15) is 6.61 Å². The van der Waals surface area contributed by atoms with Crippen molar-refractivity contribution >= 4 is 40.7 Å². The molecule has 0 aliphatic carbocycles. The number of fused-ring (bicyclic) bond motifs is 1. The maximum atomic E-state index is 12.8. The molecule has 0 saturated carbocycles. The normalized spacial score (nSPS) is 14.8. The highest BCUT2D eigenvalue weighted by atomic mass is 35.5. The minimum atomic E-state index is -0.455. The summed E-state index contributed by atoms with van der Waals surface area (Å²) in [4.78, 5) is 12.8. The van der Waals surface area contributed by atoms with E-state index in [0.717, 1.165) is 5.69 Å². The summed E-state index contributed by atoms with van der Waals surface area (Å²) in [5.74, 6) is 1.95. The lowest BCUT2D eigenvalue weighted by atomic mass is 10.1. The van der Waals surface area contributed by atoms with E-state index >= 15 is 0 Å². The van der Waals surface area contributed by atoms with Crippen molar-refractivity contribution < 1.29 is 14.3 Å². The third kappa shape index (κ3) is 4.57. The number of rotatable bonds is 6. The van der Waals surface area contributed by atoms with Crippen LogP contribution in [0, 0.1) is 0 Å². The van der Waals surface area contributed by atoms with E-state index in [2.05, 4.69) is 10.2 Å².